The van der Waals surface area contributed by atoms with Gasteiger partial charge in [0.25, 0.3) is 0 Å². The maximum absolute atomic E-state index is 12.1. The lowest BCUT2D eigenvalue weighted by molar-refractivity contribution is -0.123. The molecule has 5 nitrogen and oxygen atoms in total. The minimum atomic E-state index is -0.370. The first-order chi connectivity index (χ1) is 14.1. The quantitative estimate of drug-likeness (QED) is 0.545. The van der Waals surface area contributed by atoms with E-state index in [9.17, 15) is 9.59 Å². The molecule has 0 bridgehead atoms. The summed E-state index contributed by atoms with van der Waals surface area (Å²) in [5.74, 6) is -0.0136. The van der Waals surface area contributed by atoms with E-state index in [1.54, 1.807) is 24.3 Å². The van der Waals surface area contributed by atoms with Crippen molar-refractivity contribution in [2.24, 2.45) is 0 Å². The van der Waals surface area contributed by atoms with Gasteiger partial charge < -0.3 is 15.4 Å². The zero-order valence-corrected chi connectivity index (χ0v) is 16.4. The third-order valence-electron chi connectivity index (χ3n) is 4.35. The first-order valence-corrected chi connectivity index (χ1v) is 9.58. The minimum absolute atomic E-state index is 0.248. The van der Waals surface area contributed by atoms with E-state index in [1.807, 2.05) is 54.6 Å². The van der Waals surface area contributed by atoms with Gasteiger partial charge in [0, 0.05) is 11.4 Å². The monoisotopic (exact) mass is 388 g/mol. The lowest BCUT2D eigenvalue weighted by Gasteiger charge is -2.09. The highest BCUT2D eigenvalue weighted by Crippen LogP contribution is 2.17. The van der Waals surface area contributed by atoms with E-state index >= 15 is 0 Å². The van der Waals surface area contributed by atoms with Crippen molar-refractivity contribution in [3.8, 4) is 5.75 Å². The van der Waals surface area contributed by atoms with Crippen LogP contribution in [0.1, 0.15) is 24.5 Å². The molecular weight excluding hydrogens is 364 g/mol. The minimum Gasteiger partial charge on any atom is -0.489 e. The molecule has 5 heteroatoms. The van der Waals surface area contributed by atoms with E-state index in [1.165, 1.54) is 5.56 Å². The van der Waals surface area contributed by atoms with Gasteiger partial charge in [0.2, 0.25) is 11.8 Å². The van der Waals surface area contributed by atoms with E-state index in [0.29, 0.717) is 23.7 Å². The SMILES string of the molecule is CCc1ccc(NC(=O)CC(=O)Nc2ccc(OCc3ccccc3)cc2)cc1. The number of aryl methyl sites for hydroxylation is 1. The first kappa shape index (κ1) is 20.1. The van der Waals surface area contributed by atoms with Gasteiger partial charge in [0.15, 0.2) is 0 Å². The Kier molecular flexibility index (Phi) is 7.00. The second-order valence-corrected chi connectivity index (χ2v) is 6.62. The van der Waals surface area contributed by atoms with E-state index in [0.717, 1.165) is 12.0 Å². The number of carbonyl (C=O) groups is 2. The summed E-state index contributed by atoms with van der Waals surface area (Å²) in [6.07, 6.45) is 0.689. The van der Waals surface area contributed by atoms with Crippen LogP contribution in [0.2, 0.25) is 0 Å². The van der Waals surface area contributed by atoms with Crippen LogP contribution in [0.5, 0.6) is 5.75 Å². The molecule has 0 unspecified atom stereocenters. The average molecular weight is 388 g/mol. The summed E-state index contributed by atoms with van der Waals surface area (Å²) in [7, 11) is 0. The first-order valence-electron chi connectivity index (χ1n) is 9.58. The van der Waals surface area contributed by atoms with E-state index in [-0.39, 0.29) is 18.2 Å². The number of nitrogens with one attached hydrogen (secondary N) is 2. The molecule has 0 fully saturated rings. The Balaban J connectivity index is 1.45. The Labute approximate surface area is 170 Å². The summed E-state index contributed by atoms with van der Waals surface area (Å²) in [6, 6.07) is 24.5. The molecule has 0 saturated carbocycles. The number of anilines is 2. The molecule has 0 spiro atoms. The maximum atomic E-state index is 12.1. The molecule has 0 aromatic heterocycles. The summed E-state index contributed by atoms with van der Waals surface area (Å²) >= 11 is 0. The second kappa shape index (κ2) is 10.1. The van der Waals surface area contributed by atoms with Crippen molar-refractivity contribution < 1.29 is 14.3 Å². The predicted octanol–water partition coefficient (Wildman–Crippen LogP) is 4.80. The van der Waals surface area contributed by atoms with Crippen LogP contribution in [-0.4, -0.2) is 11.8 Å². The number of amides is 2. The highest BCUT2D eigenvalue weighted by atomic mass is 16.5. The molecule has 0 atom stereocenters. The standard InChI is InChI=1S/C24H24N2O3/c1-2-18-8-10-20(11-9-18)25-23(27)16-24(28)26-21-12-14-22(15-13-21)29-17-19-6-4-3-5-7-19/h3-15H,2,16-17H2,1H3,(H,25,27)(H,26,28). The highest BCUT2D eigenvalue weighted by molar-refractivity contribution is 6.08. The van der Waals surface area contributed by atoms with Gasteiger partial charge in [-0.05, 0) is 53.9 Å². The summed E-state index contributed by atoms with van der Waals surface area (Å²) in [5.41, 5.74) is 3.57. The van der Waals surface area contributed by atoms with Gasteiger partial charge in [0.1, 0.15) is 18.8 Å². The summed E-state index contributed by atoms with van der Waals surface area (Å²) in [5, 5.41) is 5.45. The topological polar surface area (TPSA) is 67.4 Å². The largest absolute Gasteiger partial charge is 0.489 e. The molecule has 0 aliphatic rings. The Morgan fingerprint density at radius 3 is 1.83 bits per heavy atom. The normalized spacial score (nSPS) is 10.2. The summed E-state index contributed by atoms with van der Waals surface area (Å²) in [6.45, 7) is 2.55. The zero-order valence-electron chi connectivity index (χ0n) is 16.4. The lowest BCUT2D eigenvalue weighted by Crippen LogP contribution is -2.21. The highest BCUT2D eigenvalue weighted by Gasteiger charge is 2.10. The molecule has 148 valence electrons. The van der Waals surface area contributed by atoms with Crippen LogP contribution >= 0.6 is 0 Å². The van der Waals surface area contributed by atoms with Crippen LogP contribution in [0.4, 0.5) is 11.4 Å². The Bertz CT molecular complexity index is 936. The molecule has 0 saturated heterocycles. The van der Waals surface area contributed by atoms with Gasteiger partial charge in [-0.2, -0.15) is 0 Å². The van der Waals surface area contributed by atoms with Gasteiger partial charge >= 0.3 is 0 Å². The second-order valence-electron chi connectivity index (χ2n) is 6.62. The zero-order chi connectivity index (χ0) is 20.5. The number of hydrogen-bond donors (Lipinski definition) is 2. The Hall–Kier alpha value is -3.60. The molecule has 2 N–H and O–H groups in total. The molecule has 2 amide bonds. The van der Waals surface area contributed by atoms with Crippen LogP contribution in [0.15, 0.2) is 78.9 Å². The van der Waals surface area contributed by atoms with E-state index in [2.05, 4.69) is 17.6 Å². The fraction of sp³-hybridized carbons (Fsp3) is 0.167. The third-order valence-corrected chi connectivity index (χ3v) is 4.35. The molecule has 29 heavy (non-hydrogen) atoms. The molecule has 0 heterocycles. The number of hydrogen-bond acceptors (Lipinski definition) is 3. The van der Waals surface area contributed by atoms with Crippen LogP contribution in [0, 0.1) is 0 Å². The summed E-state index contributed by atoms with van der Waals surface area (Å²) in [4.78, 5) is 24.2. The van der Waals surface area contributed by atoms with Crippen molar-refractivity contribution in [2.75, 3.05) is 10.6 Å². The third kappa shape index (κ3) is 6.50. The molecule has 3 aromatic rings. The average Bonchev–Trinajstić information content (AvgIpc) is 2.74. The van der Waals surface area contributed by atoms with Gasteiger partial charge in [-0.3, -0.25) is 9.59 Å². The fourth-order valence-corrected chi connectivity index (χ4v) is 2.76. The van der Waals surface area contributed by atoms with Crippen molar-refractivity contribution >= 4 is 23.2 Å². The van der Waals surface area contributed by atoms with Crippen molar-refractivity contribution in [1.29, 1.82) is 0 Å². The van der Waals surface area contributed by atoms with Crippen LogP contribution in [0.25, 0.3) is 0 Å². The van der Waals surface area contributed by atoms with Gasteiger partial charge in [-0.25, -0.2) is 0 Å². The van der Waals surface area contributed by atoms with Gasteiger partial charge in [0.05, 0.1) is 0 Å². The van der Waals surface area contributed by atoms with Gasteiger partial charge in [-0.15, -0.1) is 0 Å². The number of rotatable bonds is 8. The lowest BCUT2D eigenvalue weighted by atomic mass is 10.1. The maximum Gasteiger partial charge on any atom is 0.233 e. The van der Waals surface area contributed by atoms with Crippen LogP contribution < -0.4 is 15.4 Å². The van der Waals surface area contributed by atoms with Crippen molar-refractivity contribution in [3.63, 3.8) is 0 Å². The van der Waals surface area contributed by atoms with Crippen molar-refractivity contribution in [2.45, 2.75) is 26.4 Å². The number of carbonyl (C=O) groups excluding carboxylic acids is 2. The number of ether oxygens (including phenoxy) is 1. The van der Waals surface area contributed by atoms with Crippen molar-refractivity contribution in [1.82, 2.24) is 0 Å². The summed E-state index contributed by atoms with van der Waals surface area (Å²) < 4.78 is 5.72. The van der Waals surface area contributed by atoms with E-state index in [4.69, 9.17) is 4.74 Å². The van der Waals surface area contributed by atoms with Crippen molar-refractivity contribution in [3.05, 3.63) is 90.0 Å². The molecular formula is C24H24N2O3. The smallest absolute Gasteiger partial charge is 0.233 e. The Morgan fingerprint density at radius 2 is 1.28 bits per heavy atom. The molecule has 0 aliphatic carbocycles. The molecule has 0 aliphatic heterocycles. The number of benzene rings is 3. The molecule has 3 aromatic carbocycles. The fourth-order valence-electron chi connectivity index (χ4n) is 2.76. The molecule has 3 rings (SSSR count). The van der Waals surface area contributed by atoms with Gasteiger partial charge in [-0.1, -0.05) is 49.4 Å². The molecule has 0 radical (unpaired) electrons. The predicted molar refractivity (Wildman–Crippen MR) is 115 cm³/mol. The Morgan fingerprint density at radius 1 is 0.724 bits per heavy atom. The van der Waals surface area contributed by atoms with E-state index < -0.39 is 0 Å². The van der Waals surface area contributed by atoms with Crippen LogP contribution in [0.3, 0.4) is 0 Å². The van der Waals surface area contributed by atoms with Crippen LogP contribution in [-0.2, 0) is 22.6 Å².